The van der Waals surface area contributed by atoms with Crippen LogP contribution in [-0.4, -0.2) is 34.9 Å². The topological polar surface area (TPSA) is 41.1 Å². The molecule has 1 N–H and O–H groups in total. The Morgan fingerprint density at radius 1 is 1.43 bits per heavy atom. The summed E-state index contributed by atoms with van der Waals surface area (Å²) in [6.45, 7) is 7.17. The number of rotatable bonds is 4. The van der Waals surface area contributed by atoms with Crippen LogP contribution in [0.25, 0.3) is 0 Å². The zero-order chi connectivity index (χ0) is 10.8. The second kappa shape index (κ2) is 4.23. The predicted octanol–water partition coefficient (Wildman–Crippen LogP) is 1.77. The lowest BCUT2D eigenvalue weighted by Crippen LogP contribution is -2.36. The van der Waals surface area contributed by atoms with Crippen molar-refractivity contribution >= 4 is 16.7 Å². The first-order chi connectivity index (χ1) is 6.48. The molecule has 80 valence electrons. The van der Waals surface area contributed by atoms with Gasteiger partial charge in [-0.05, 0) is 34.9 Å². The van der Waals surface area contributed by atoms with E-state index in [1.807, 2.05) is 14.1 Å². The van der Waals surface area contributed by atoms with Gasteiger partial charge in [-0.25, -0.2) is 4.98 Å². The summed E-state index contributed by atoms with van der Waals surface area (Å²) in [6.07, 6.45) is 0. The molecule has 4 nitrogen and oxygen atoms in total. The minimum absolute atomic E-state index is 0.107. The van der Waals surface area contributed by atoms with Gasteiger partial charge in [-0.2, -0.15) is 4.37 Å². The Labute approximate surface area is 89.5 Å². The van der Waals surface area contributed by atoms with Crippen LogP contribution in [0, 0.1) is 0 Å². The molecule has 0 fully saturated rings. The van der Waals surface area contributed by atoms with Gasteiger partial charge in [0, 0.05) is 18.1 Å². The summed E-state index contributed by atoms with van der Waals surface area (Å²) in [5.41, 5.74) is -0.107. The van der Waals surface area contributed by atoms with Crippen LogP contribution in [0.1, 0.15) is 26.6 Å². The van der Waals surface area contributed by atoms with E-state index >= 15 is 0 Å². The molecule has 0 aliphatic rings. The molecule has 1 aromatic rings. The molecule has 1 heterocycles. The smallest absolute Gasteiger partial charge is 0.202 e. The van der Waals surface area contributed by atoms with Gasteiger partial charge in [0.1, 0.15) is 0 Å². The number of hydrogen-bond donors (Lipinski definition) is 1. The van der Waals surface area contributed by atoms with Crippen molar-refractivity contribution in [3.63, 3.8) is 0 Å². The number of anilines is 1. The Kier molecular flexibility index (Phi) is 3.44. The van der Waals surface area contributed by atoms with Gasteiger partial charge in [0.15, 0.2) is 5.82 Å². The standard InChI is InChI=1S/C9H18N4S/c1-6-10-8-11-7(12-14-8)9(2,3)13(4)5/h6H2,1-5H3,(H,10,11,12). The SMILES string of the molecule is CCNc1nc(C(C)(C)N(C)C)ns1. The summed E-state index contributed by atoms with van der Waals surface area (Å²) in [6, 6.07) is 0. The van der Waals surface area contributed by atoms with E-state index in [1.54, 1.807) is 0 Å². The first-order valence-corrected chi connectivity index (χ1v) is 5.51. The number of nitrogens with zero attached hydrogens (tertiary/aromatic N) is 3. The van der Waals surface area contributed by atoms with Crippen LogP contribution in [0.2, 0.25) is 0 Å². The Morgan fingerprint density at radius 3 is 2.57 bits per heavy atom. The maximum Gasteiger partial charge on any atom is 0.202 e. The molecule has 14 heavy (non-hydrogen) atoms. The second-order valence-electron chi connectivity index (χ2n) is 3.91. The fourth-order valence-electron chi connectivity index (χ4n) is 0.895. The van der Waals surface area contributed by atoms with E-state index < -0.39 is 0 Å². The molecule has 0 atom stereocenters. The molecular weight excluding hydrogens is 196 g/mol. The summed E-state index contributed by atoms with van der Waals surface area (Å²) in [7, 11) is 4.07. The lowest BCUT2D eigenvalue weighted by Gasteiger charge is -2.29. The van der Waals surface area contributed by atoms with Crippen molar-refractivity contribution in [1.82, 2.24) is 14.3 Å². The fraction of sp³-hybridized carbons (Fsp3) is 0.778. The summed E-state index contributed by atoms with van der Waals surface area (Å²) in [5, 5.41) is 4.07. The van der Waals surface area contributed by atoms with Crippen molar-refractivity contribution in [1.29, 1.82) is 0 Å². The fourth-order valence-corrected chi connectivity index (χ4v) is 1.67. The van der Waals surface area contributed by atoms with Gasteiger partial charge < -0.3 is 5.32 Å². The molecule has 0 aromatic carbocycles. The van der Waals surface area contributed by atoms with E-state index in [-0.39, 0.29) is 5.54 Å². The Balaban J connectivity index is 2.85. The highest BCUT2D eigenvalue weighted by Crippen LogP contribution is 2.25. The van der Waals surface area contributed by atoms with E-state index in [9.17, 15) is 0 Å². The molecule has 1 rings (SSSR count). The molecule has 5 heteroatoms. The zero-order valence-electron chi connectivity index (χ0n) is 9.46. The minimum atomic E-state index is -0.107. The van der Waals surface area contributed by atoms with Crippen molar-refractivity contribution in [3.8, 4) is 0 Å². The largest absolute Gasteiger partial charge is 0.361 e. The highest BCUT2D eigenvalue weighted by molar-refractivity contribution is 7.09. The molecule has 0 aliphatic carbocycles. The third-order valence-electron chi connectivity index (χ3n) is 2.42. The van der Waals surface area contributed by atoms with Crippen LogP contribution in [0.15, 0.2) is 0 Å². The Morgan fingerprint density at radius 2 is 2.07 bits per heavy atom. The quantitative estimate of drug-likeness (QED) is 0.829. The molecule has 0 bridgehead atoms. The molecule has 1 aromatic heterocycles. The lowest BCUT2D eigenvalue weighted by molar-refractivity contribution is 0.187. The third kappa shape index (κ3) is 2.22. The van der Waals surface area contributed by atoms with Crippen LogP contribution in [0.3, 0.4) is 0 Å². The Bertz CT molecular complexity index is 293. The van der Waals surface area contributed by atoms with Gasteiger partial charge in [0.25, 0.3) is 0 Å². The summed E-state index contributed by atoms with van der Waals surface area (Å²) < 4.78 is 4.35. The van der Waals surface area contributed by atoms with Crippen LogP contribution in [0.4, 0.5) is 5.13 Å². The van der Waals surface area contributed by atoms with E-state index in [1.165, 1.54) is 11.5 Å². The molecule has 0 amide bonds. The molecule has 0 saturated heterocycles. The van der Waals surface area contributed by atoms with Crippen molar-refractivity contribution in [2.45, 2.75) is 26.3 Å². The van der Waals surface area contributed by atoms with Crippen molar-refractivity contribution in [3.05, 3.63) is 5.82 Å². The van der Waals surface area contributed by atoms with Crippen molar-refractivity contribution in [2.75, 3.05) is 26.0 Å². The van der Waals surface area contributed by atoms with Gasteiger partial charge in [0.2, 0.25) is 5.13 Å². The van der Waals surface area contributed by atoms with Crippen LogP contribution in [0.5, 0.6) is 0 Å². The lowest BCUT2D eigenvalue weighted by atomic mass is 10.0. The number of nitrogens with one attached hydrogen (secondary N) is 1. The molecule has 0 unspecified atom stereocenters. The summed E-state index contributed by atoms with van der Waals surface area (Å²) in [4.78, 5) is 6.56. The third-order valence-corrected chi connectivity index (χ3v) is 3.09. The first kappa shape index (κ1) is 11.4. The molecular formula is C9H18N4S. The normalized spacial score (nSPS) is 12.1. The van der Waals surface area contributed by atoms with Crippen molar-refractivity contribution in [2.24, 2.45) is 0 Å². The maximum atomic E-state index is 4.45. The molecule has 0 spiro atoms. The van der Waals surface area contributed by atoms with Crippen LogP contribution < -0.4 is 5.32 Å². The minimum Gasteiger partial charge on any atom is -0.361 e. The van der Waals surface area contributed by atoms with Gasteiger partial charge >= 0.3 is 0 Å². The number of hydrogen-bond acceptors (Lipinski definition) is 5. The highest BCUT2D eigenvalue weighted by Gasteiger charge is 2.27. The van der Waals surface area contributed by atoms with E-state index in [0.29, 0.717) is 0 Å². The monoisotopic (exact) mass is 214 g/mol. The molecule has 0 aliphatic heterocycles. The predicted molar refractivity (Wildman–Crippen MR) is 60.8 cm³/mol. The second-order valence-corrected chi connectivity index (χ2v) is 4.66. The van der Waals surface area contributed by atoms with Gasteiger partial charge in [0.05, 0.1) is 5.54 Å². The van der Waals surface area contributed by atoms with Gasteiger partial charge in [-0.1, -0.05) is 0 Å². The highest BCUT2D eigenvalue weighted by atomic mass is 32.1. The summed E-state index contributed by atoms with van der Waals surface area (Å²) in [5.74, 6) is 0.878. The van der Waals surface area contributed by atoms with Gasteiger partial charge in [-0.15, -0.1) is 0 Å². The van der Waals surface area contributed by atoms with Crippen LogP contribution >= 0.6 is 11.5 Å². The molecule has 0 saturated carbocycles. The van der Waals surface area contributed by atoms with E-state index in [4.69, 9.17) is 0 Å². The molecule has 0 radical (unpaired) electrons. The zero-order valence-corrected chi connectivity index (χ0v) is 10.3. The average molecular weight is 214 g/mol. The summed E-state index contributed by atoms with van der Waals surface area (Å²) >= 11 is 1.42. The van der Waals surface area contributed by atoms with Gasteiger partial charge in [-0.3, -0.25) is 4.90 Å². The Hall–Kier alpha value is -0.680. The van der Waals surface area contributed by atoms with Crippen molar-refractivity contribution < 1.29 is 0 Å². The van der Waals surface area contributed by atoms with E-state index in [2.05, 4.69) is 40.3 Å². The maximum absolute atomic E-state index is 4.45. The average Bonchev–Trinajstić information content (AvgIpc) is 2.53. The van der Waals surface area contributed by atoms with E-state index in [0.717, 1.165) is 17.5 Å². The first-order valence-electron chi connectivity index (χ1n) is 4.74. The number of aromatic nitrogens is 2. The van der Waals surface area contributed by atoms with Crippen LogP contribution in [-0.2, 0) is 5.54 Å².